The molecule has 7 nitrogen and oxygen atoms in total. The Morgan fingerprint density at radius 1 is 0.861 bits per heavy atom. The number of alkyl halides is 3. The highest BCUT2D eigenvalue weighted by atomic mass is 35.5. The molecule has 36 heavy (non-hydrogen) atoms. The third-order valence-electron chi connectivity index (χ3n) is 6.58. The maximum atomic E-state index is 13.1. The van der Waals surface area contributed by atoms with Gasteiger partial charge in [0.25, 0.3) is 0 Å². The monoisotopic (exact) mass is 516 g/mol. The minimum Gasteiger partial charge on any atom is -0.352 e. The standard InChI is InChI=1S/C25H24ClF3N6O/c26-21-16-30-8-7-19(21)20-15-22(31-32-23(20)17-3-5-18(6-4-17)25(27,28)29)33-11-13-35(14-12-33)24(36)34-9-1-2-10-34/h3-8,15-16H,1-2,9-14H2. The van der Waals surface area contributed by atoms with Gasteiger partial charge in [-0.05, 0) is 37.1 Å². The first-order valence-electron chi connectivity index (χ1n) is 11.8. The Labute approximate surface area is 211 Å². The SMILES string of the molecule is O=C(N1CCCC1)N1CCN(c2cc(-c3ccncc3Cl)c(-c3ccc(C(F)(F)F)cc3)nn2)CC1. The summed E-state index contributed by atoms with van der Waals surface area (Å²) >= 11 is 6.44. The maximum absolute atomic E-state index is 13.1. The van der Waals surface area contributed by atoms with Crippen molar-refractivity contribution in [1.29, 1.82) is 0 Å². The van der Waals surface area contributed by atoms with E-state index in [1.807, 2.05) is 15.9 Å². The lowest BCUT2D eigenvalue weighted by atomic mass is 9.99. The van der Waals surface area contributed by atoms with Gasteiger partial charge < -0.3 is 14.7 Å². The Balaban J connectivity index is 1.43. The van der Waals surface area contributed by atoms with Crippen LogP contribution in [0.15, 0.2) is 48.8 Å². The molecule has 2 aliphatic rings. The summed E-state index contributed by atoms with van der Waals surface area (Å²) in [6, 6.07) is 8.49. The minimum absolute atomic E-state index is 0.0835. The lowest BCUT2D eigenvalue weighted by molar-refractivity contribution is -0.137. The third kappa shape index (κ3) is 4.95. The van der Waals surface area contributed by atoms with Crippen molar-refractivity contribution in [1.82, 2.24) is 25.0 Å². The number of hydrogen-bond acceptors (Lipinski definition) is 5. The average Bonchev–Trinajstić information content (AvgIpc) is 3.43. The third-order valence-corrected chi connectivity index (χ3v) is 6.88. The van der Waals surface area contributed by atoms with E-state index in [-0.39, 0.29) is 6.03 Å². The Morgan fingerprint density at radius 3 is 2.17 bits per heavy atom. The highest BCUT2D eigenvalue weighted by Crippen LogP contribution is 2.37. The lowest BCUT2D eigenvalue weighted by Gasteiger charge is -2.37. The predicted octanol–water partition coefficient (Wildman–Crippen LogP) is 5.22. The fourth-order valence-corrected chi connectivity index (χ4v) is 4.82. The van der Waals surface area contributed by atoms with Crippen LogP contribution in [-0.2, 0) is 6.18 Å². The van der Waals surface area contributed by atoms with Crippen molar-refractivity contribution in [2.24, 2.45) is 0 Å². The van der Waals surface area contributed by atoms with Gasteiger partial charge in [0.15, 0.2) is 5.82 Å². The summed E-state index contributed by atoms with van der Waals surface area (Å²) in [5.41, 5.74) is 1.47. The van der Waals surface area contributed by atoms with Crippen molar-refractivity contribution in [3.63, 3.8) is 0 Å². The van der Waals surface area contributed by atoms with Crippen LogP contribution in [0.25, 0.3) is 22.4 Å². The molecule has 0 spiro atoms. The van der Waals surface area contributed by atoms with Crippen molar-refractivity contribution in [3.8, 4) is 22.4 Å². The molecule has 5 rings (SSSR count). The zero-order valence-corrected chi connectivity index (χ0v) is 20.1. The van der Waals surface area contributed by atoms with Crippen LogP contribution in [0, 0.1) is 0 Å². The molecule has 188 valence electrons. The molecule has 0 bridgehead atoms. The van der Waals surface area contributed by atoms with E-state index < -0.39 is 11.7 Å². The van der Waals surface area contributed by atoms with E-state index in [2.05, 4.69) is 20.1 Å². The van der Waals surface area contributed by atoms with Gasteiger partial charge >= 0.3 is 12.2 Å². The predicted molar refractivity (Wildman–Crippen MR) is 131 cm³/mol. The minimum atomic E-state index is -4.43. The lowest BCUT2D eigenvalue weighted by Crippen LogP contribution is -2.52. The number of hydrogen-bond donors (Lipinski definition) is 0. The molecule has 0 atom stereocenters. The van der Waals surface area contributed by atoms with E-state index >= 15 is 0 Å². The van der Waals surface area contributed by atoms with Gasteiger partial charge in [0, 0.05) is 68.4 Å². The quantitative estimate of drug-likeness (QED) is 0.478. The summed E-state index contributed by atoms with van der Waals surface area (Å²) in [6.45, 7) is 3.96. The van der Waals surface area contributed by atoms with Crippen molar-refractivity contribution < 1.29 is 18.0 Å². The van der Waals surface area contributed by atoms with Crippen LogP contribution in [0.5, 0.6) is 0 Å². The van der Waals surface area contributed by atoms with Gasteiger partial charge in [-0.25, -0.2) is 4.79 Å². The van der Waals surface area contributed by atoms with Crippen LogP contribution in [0.1, 0.15) is 18.4 Å². The molecule has 2 saturated heterocycles. The van der Waals surface area contributed by atoms with E-state index in [0.717, 1.165) is 38.1 Å². The molecule has 0 radical (unpaired) electrons. The number of carbonyl (C=O) groups excluding carboxylic acids is 1. The van der Waals surface area contributed by atoms with E-state index in [9.17, 15) is 18.0 Å². The van der Waals surface area contributed by atoms with E-state index in [0.29, 0.717) is 59.4 Å². The second kappa shape index (κ2) is 9.93. The number of pyridine rings is 1. The van der Waals surface area contributed by atoms with Gasteiger partial charge in [0.1, 0.15) is 5.69 Å². The molecule has 3 aromatic rings. The normalized spacial score (nSPS) is 16.5. The van der Waals surface area contributed by atoms with Crippen LogP contribution >= 0.6 is 11.6 Å². The van der Waals surface area contributed by atoms with E-state index in [4.69, 9.17) is 11.6 Å². The first-order chi connectivity index (χ1) is 17.3. The van der Waals surface area contributed by atoms with Crippen LogP contribution in [0.3, 0.4) is 0 Å². The van der Waals surface area contributed by atoms with Crippen LogP contribution in [0.4, 0.5) is 23.8 Å². The first-order valence-corrected chi connectivity index (χ1v) is 12.1. The van der Waals surface area contributed by atoms with Crippen molar-refractivity contribution in [2.75, 3.05) is 44.2 Å². The number of carbonyl (C=O) groups is 1. The molecule has 0 aliphatic carbocycles. The number of benzene rings is 1. The molecular weight excluding hydrogens is 493 g/mol. The Morgan fingerprint density at radius 2 is 1.53 bits per heavy atom. The van der Waals surface area contributed by atoms with Crippen molar-refractivity contribution in [2.45, 2.75) is 19.0 Å². The number of urea groups is 1. The smallest absolute Gasteiger partial charge is 0.352 e. The highest BCUT2D eigenvalue weighted by molar-refractivity contribution is 6.33. The molecule has 2 fully saturated rings. The molecule has 1 aromatic carbocycles. The number of piperazine rings is 1. The topological polar surface area (TPSA) is 65.5 Å². The number of anilines is 1. The molecule has 4 heterocycles. The maximum Gasteiger partial charge on any atom is 0.416 e. The number of amides is 2. The van der Waals surface area contributed by atoms with Gasteiger partial charge in [-0.1, -0.05) is 23.7 Å². The van der Waals surface area contributed by atoms with Crippen molar-refractivity contribution >= 4 is 23.4 Å². The van der Waals surface area contributed by atoms with Crippen LogP contribution < -0.4 is 4.90 Å². The van der Waals surface area contributed by atoms with Gasteiger partial charge in [0.2, 0.25) is 0 Å². The largest absolute Gasteiger partial charge is 0.416 e. The summed E-state index contributed by atoms with van der Waals surface area (Å²) < 4.78 is 39.2. The number of likely N-dealkylation sites (tertiary alicyclic amines) is 1. The summed E-state index contributed by atoms with van der Waals surface area (Å²) in [5.74, 6) is 0.613. The molecule has 11 heteroatoms. The molecule has 2 aromatic heterocycles. The number of rotatable bonds is 3. The van der Waals surface area contributed by atoms with Gasteiger partial charge in [-0.3, -0.25) is 4.98 Å². The van der Waals surface area contributed by atoms with Gasteiger partial charge in [0.05, 0.1) is 10.6 Å². The number of nitrogens with zero attached hydrogens (tertiary/aromatic N) is 6. The fourth-order valence-electron chi connectivity index (χ4n) is 4.60. The number of aromatic nitrogens is 3. The first kappa shape index (κ1) is 24.3. The Bertz CT molecular complexity index is 1240. The van der Waals surface area contributed by atoms with E-state index in [1.165, 1.54) is 18.3 Å². The molecule has 0 unspecified atom stereocenters. The summed E-state index contributed by atoms with van der Waals surface area (Å²) in [7, 11) is 0. The Kier molecular flexibility index (Phi) is 6.70. The Hall–Kier alpha value is -3.40. The summed E-state index contributed by atoms with van der Waals surface area (Å²) in [6.07, 6.45) is 0.778. The summed E-state index contributed by atoms with van der Waals surface area (Å²) in [5, 5.41) is 9.20. The molecule has 0 N–H and O–H groups in total. The van der Waals surface area contributed by atoms with Crippen LogP contribution in [0.2, 0.25) is 5.02 Å². The molecule has 0 saturated carbocycles. The molecular formula is C25H24ClF3N6O. The second-order valence-corrected chi connectivity index (χ2v) is 9.25. The fraction of sp³-hybridized carbons (Fsp3) is 0.360. The molecule has 2 amide bonds. The zero-order valence-electron chi connectivity index (χ0n) is 19.4. The van der Waals surface area contributed by atoms with Gasteiger partial charge in [-0.2, -0.15) is 13.2 Å². The second-order valence-electron chi connectivity index (χ2n) is 8.85. The summed E-state index contributed by atoms with van der Waals surface area (Å²) in [4.78, 5) is 22.6. The zero-order chi connectivity index (χ0) is 25.3. The average molecular weight is 517 g/mol. The molecule has 2 aliphatic heterocycles. The van der Waals surface area contributed by atoms with Crippen LogP contribution in [-0.4, -0.2) is 70.3 Å². The highest BCUT2D eigenvalue weighted by Gasteiger charge is 2.31. The van der Waals surface area contributed by atoms with E-state index in [1.54, 1.807) is 12.3 Å². The van der Waals surface area contributed by atoms with Gasteiger partial charge in [-0.15, -0.1) is 10.2 Å². The van der Waals surface area contributed by atoms with Crippen molar-refractivity contribution in [3.05, 3.63) is 59.4 Å². The number of halogens is 4.